The van der Waals surface area contributed by atoms with Crippen molar-refractivity contribution in [1.29, 1.82) is 0 Å². The molecule has 17 heteroatoms. The van der Waals surface area contributed by atoms with Crippen molar-refractivity contribution in [3.63, 3.8) is 0 Å². The van der Waals surface area contributed by atoms with Crippen LogP contribution in [-0.2, 0) is 29.1 Å². The molecule has 239 valence electrons. The Bertz CT molecular complexity index is 1790. The van der Waals surface area contributed by atoms with Crippen LogP contribution in [0.15, 0.2) is 80.1 Å². The maximum absolute atomic E-state index is 13.1. The van der Waals surface area contributed by atoms with E-state index >= 15 is 0 Å². The van der Waals surface area contributed by atoms with Gasteiger partial charge in [-0.3, -0.25) is 9.70 Å². The predicted octanol–water partition coefficient (Wildman–Crippen LogP) is 2.46. The number of nitrogens with zero attached hydrogens (tertiary/aromatic N) is 5. The SMILES string of the molecule is CB(O)N=C(N)c1ccc(OCCCn2ccn(CCCc3cc4cc(C(N)=N[B]C=O)ccc4o3)c2=NC(=O)C(F)(F)F)cc1. The van der Waals surface area contributed by atoms with E-state index in [0.717, 1.165) is 12.8 Å². The van der Waals surface area contributed by atoms with Gasteiger partial charge in [-0.15, -0.1) is 0 Å². The lowest BCUT2D eigenvalue weighted by atomic mass is 9.90. The van der Waals surface area contributed by atoms with Crippen LogP contribution in [0.4, 0.5) is 13.2 Å². The second kappa shape index (κ2) is 15.3. The van der Waals surface area contributed by atoms with E-state index in [1.165, 1.54) is 16.0 Å². The number of aryl methyl sites for hydroxylation is 3. The van der Waals surface area contributed by atoms with Crippen molar-refractivity contribution in [2.24, 2.45) is 26.3 Å². The van der Waals surface area contributed by atoms with Crippen molar-refractivity contribution in [1.82, 2.24) is 9.13 Å². The number of hydrogen-bond acceptors (Lipinski definition) is 7. The highest BCUT2D eigenvalue weighted by molar-refractivity contribution is 6.66. The third kappa shape index (κ3) is 9.23. The lowest BCUT2D eigenvalue weighted by molar-refractivity contribution is -0.169. The molecule has 0 spiro atoms. The van der Waals surface area contributed by atoms with E-state index in [4.69, 9.17) is 20.6 Å². The second-order valence-corrected chi connectivity index (χ2v) is 10.1. The third-order valence-electron chi connectivity index (χ3n) is 6.63. The first-order valence-electron chi connectivity index (χ1n) is 14.2. The summed E-state index contributed by atoms with van der Waals surface area (Å²) in [7, 11) is 0.122. The van der Waals surface area contributed by atoms with Crippen LogP contribution in [0.25, 0.3) is 11.0 Å². The summed E-state index contributed by atoms with van der Waals surface area (Å²) in [5.74, 6) is -0.647. The number of alkyl halides is 3. The van der Waals surface area contributed by atoms with Gasteiger partial charge in [0.15, 0.2) is 0 Å². The molecule has 0 atom stereocenters. The lowest BCUT2D eigenvalue weighted by Gasteiger charge is -2.09. The van der Waals surface area contributed by atoms with Crippen LogP contribution in [0.3, 0.4) is 0 Å². The molecule has 0 saturated heterocycles. The summed E-state index contributed by atoms with van der Waals surface area (Å²) < 4.78 is 53.9. The maximum atomic E-state index is 13.1. The molecule has 0 aliphatic carbocycles. The van der Waals surface area contributed by atoms with Gasteiger partial charge in [-0.2, -0.15) is 18.2 Å². The largest absolute Gasteiger partial charge is 0.494 e. The van der Waals surface area contributed by atoms with E-state index in [1.807, 2.05) is 6.07 Å². The first-order valence-corrected chi connectivity index (χ1v) is 14.2. The molecule has 12 nitrogen and oxygen atoms in total. The second-order valence-electron chi connectivity index (χ2n) is 10.1. The molecule has 2 aromatic heterocycles. The molecule has 0 saturated carbocycles. The molecule has 46 heavy (non-hydrogen) atoms. The molecule has 2 heterocycles. The van der Waals surface area contributed by atoms with E-state index in [0.29, 0.717) is 53.7 Å². The van der Waals surface area contributed by atoms with Crippen LogP contribution in [0.2, 0.25) is 6.82 Å². The number of amides is 1. The smallest absolute Gasteiger partial charge is 0.473 e. The number of carbonyl (C=O) groups is 2. The van der Waals surface area contributed by atoms with Crippen LogP contribution >= 0.6 is 0 Å². The van der Waals surface area contributed by atoms with Crippen molar-refractivity contribution in [3.05, 3.63) is 83.4 Å². The minimum Gasteiger partial charge on any atom is -0.494 e. The molecule has 0 aliphatic rings. The summed E-state index contributed by atoms with van der Waals surface area (Å²) >= 11 is 0. The average molecular weight is 636 g/mol. The van der Waals surface area contributed by atoms with Crippen LogP contribution in [-0.4, -0.2) is 65.2 Å². The summed E-state index contributed by atoms with van der Waals surface area (Å²) in [6, 6.07) is 13.8. The predicted molar refractivity (Wildman–Crippen MR) is 168 cm³/mol. The van der Waals surface area contributed by atoms with E-state index in [-0.39, 0.29) is 37.0 Å². The average Bonchev–Trinajstić information content (AvgIpc) is 3.60. The number of imidazole rings is 1. The Labute approximate surface area is 262 Å². The Balaban J connectivity index is 1.39. The Morgan fingerprint density at radius 1 is 1.04 bits per heavy atom. The van der Waals surface area contributed by atoms with E-state index in [9.17, 15) is 27.8 Å². The molecular formula is C29H31B2F3N7O5. The monoisotopic (exact) mass is 636 g/mol. The molecule has 0 aliphatic heterocycles. The Morgan fingerprint density at radius 3 is 2.37 bits per heavy atom. The molecule has 5 N–H and O–H groups in total. The van der Waals surface area contributed by atoms with Gasteiger partial charge >= 0.3 is 26.5 Å². The number of rotatable bonds is 14. The third-order valence-corrected chi connectivity index (χ3v) is 6.63. The summed E-state index contributed by atoms with van der Waals surface area (Å²) in [6.45, 7) is 2.24. The Hall–Kier alpha value is -5.05. The van der Waals surface area contributed by atoms with E-state index in [1.54, 1.807) is 54.9 Å². The standard InChI is InChI=1S/C29H31B2F3N7O5/c1-31(44)39-26(36)19-5-8-22(9-6-19)45-15-3-12-41-14-13-40(28(41)37-27(43)29(32,33)34)11-2-4-23-17-21-16-20(7-10-24(21)46-23)25(35)38-30-18-42/h5-10,13-14,16-18,44H,2-4,11-12,15H2,1H3,(H2,35,38)(H2,36,39). The van der Waals surface area contributed by atoms with Crippen molar-refractivity contribution in [2.45, 2.75) is 45.4 Å². The van der Waals surface area contributed by atoms with E-state index in [2.05, 4.69) is 14.8 Å². The van der Waals surface area contributed by atoms with Crippen LogP contribution < -0.4 is 21.8 Å². The number of hydrogen-bond donors (Lipinski definition) is 3. The Morgan fingerprint density at radius 2 is 1.72 bits per heavy atom. The van der Waals surface area contributed by atoms with Crippen molar-refractivity contribution in [2.75, 3.05) is 6.61 Å². The minimum atomic E-state index is -5.11. The highest BCUT2D eigenvalue weighted by atomic mass is 19.4. The van der Waals surface area contributed by atoms with Gasteiger partial charge in [0.25, 0.3) is 0 Å². The number of aromatic nitrogens is 2. The van der Waals surface area contributed by atoms with Crippen LogP contribution in [0, 0.1) is 0 Å². The molecule has 0 fully saturated rings. The lowest BCUT2D eigenvalue weighted by Crippen LogP contribution is -2.31. The molecule has 0 unspecified atom stereocenters. The van der Waals surface area contributed by atoms with Gasteiger partial charge in [-0.05, 0) is 68.2 Å². The number of carbonyl (C=O) groups excluding carboxylic acids is 2. The number of fused-ring (bicyclic) bond motifs is 1. The minimum absolute atomic E-state index is 0.129. The molecule has 4 aromatic rings. The summed E-state index contributed by atoms with van der Waals surface area (Å²) in [6.07, 6.45) is -0.0965. The summed E-state index contributed by atoms with van der Waals surface area (Å²) in [5, 5.41) is 10.1. The molecule has 1 radical (unpaired) electrons. The number of furan rings is 1. The summed E-state index contributed by atoms with van der Waals surface area (Å²) in [4.78, 5) is 33.4. The molecule has 0 bridgehead atoms. The van der Waals surface area contributed by atoms with Crippen LogP contribution in [0.1, 0.15) is 29.7 Å². The van der Waals surface area contributed by atoms with Crippen LogP contribution in [0.5, 0.6) is 5.75 Å². The van der Waals surface area contributed by atoms with Crippen molar-refractivity contribution < 1.29 is 36.9 Å². The van der Waals surface area contributed by atoms with Gasteiger partial charge in [0.2, 0.25) is 5.62 Å². The highest BCUT2D eigenvalue weighted by Gasteiger charge is 2.38. The fraction of sp³-hybridized carbons (Fsp3) is 0.276. The molecule has 1 amide bonds. The molecule has 4 rings (SSSR count). The fourth-order valence-electron chi connectivity index (χ4n) is 4.50. The molecular weight excluding hydrogens is 605 g/mol. The number of ether oxygens (including phenoxy) is 1. The zero-order chi connectivity index (χ0) is 33.3. The number of benzene rings is 2. The normalized spacial score (nSPS) is 12.8. The zero-order valence-electron chi connectivity index (χ0n) is 24.9. The highest BCUT2D eigenvalue weighted by Crippen LogP contribution is 2.22. The molecule has 2 aromatic carbocycles. The van der Waals surface area contributed by atoms with Gasteiger partial charge in [-0.25, -0.2) is 0 Å². The first-order chi connectivity index (χ1) is 21.9. The topological polar surface area (TPSA) is 176 Å². The number of nitrogens with two attached hydrogens (primary N) is 2. The van der Waals surface area contributed by atoms with Crippen molar-refractivity contribution in [3.8, 4) is 5.75 Å². The number of halogens is 3. The van der Waals surface area contributed by atoms with Gasteiger partial charge in [0.05, 0.1) is 6.61 Å². The quantitative estimate of drug-likeness (QED) is 0.0627. The fourth-order valence-corrected chi connectivity index (χ4v) is 4.50. The first kappa shape index (κ1) is 33.8. The van der Waals surface area contributed by atoms with Gasteiger partial charge < -0.3 is 44.5 Å². The van der Waals surface area contributed by atoms with E-state index < -0.39 is 19.1 Å². The summed E-state index contributed by atoms with van der Waals surface area (Å²) in [5.41, 5.74) is 13.4. The van der Waals surface area contributed by atoms with Gasteiger partial charge in [-0.1, -0.05) is 0 Å². The van der Waals surface area contributed by atoms with Gasteiger partial charge in [0, 0.05) is 48.4 Å². The van der Waals surface area contributed by atoms with Crippen molar-refractivity contribution >= 4 is 49.2 Å². The Kier molecular flexibility index (Phi) is 11.2. The maximum Gasteiger partial charge on any atom is 0.473 e. The number of amidine groups is 2. The zero-order valence-corrected chi connectivity index (χ0v) is 24.9. The van der Waals surface area contributed by atoms with Gasteiger partial charge in [0.1, 0.15) is 34.9 Å².